The molecule has 0 bridgehead atoms. The highest BCUT2D eigenvalue weighted by molar-refractivity contribution is 7.09. The lowest BCUT2D eigenvalue weighted by Crippen LogP contribution is -2.29. The molecule has 3 aromatic rings. The van der Waals surface area contributed by atoms with Gasteiger partial charge in [-0.15, -0.1) is 11.3 Å². The highest BCUT2D eigenvalue weighted by Gasteiger charge is 2.08. The largest absolute Gasteiger partial charge is 0.491 e. The fourth-order valence-electron chi connectivity index (χ4n) is 2.63. The Labute approximate surface area is 168 Å². The molecular weight excluding hydrogens is 380 g/mol. The Balaban J connectivity index is 1.42. The van der Waals surface area contributed by atoms with Crippen molar-refractivity contribution in [2.45, 2.75) is 19.8 Å². The van der Waals surface area contributed by atoms with E-state index in [1.165, 1.54) is 0 Å². The average Bonchev–Trinajstić information content (AvgIpc) is 3.07. The Kier molecular flexibility index (Phi) is 6.85. The van der Waals surface area contributed by atoms with E-state index in [0.29, 0.717) is 13.2 Å². The van der Waals surface area contributed by atoms with Crippen LogP contribution in [0.1, 0.15) is 21.8 Å². The zero-order chi connectivity index (χ0) is 19.1. The first-order chi connectivity index (χ1) is 13.1. The van der Waals surface area contributed by atoms with Crippen LogP contribution in [0.5, 0.6) is 5.75 Å². The molecule has 140 valence electrons. The summed E-state index contributed by atoms with van der Waals surface area (Å²) in [5.74, 6) is 0.792. The molecule has 4 nitrogen and oxygen atoms in total. The average molecular weight is 401 g/mol. The predicted octanol–water partition coefficient (Wildman–Crippen LogP) is 4.43. The number of aromatic nitrogens is 1. The van der Waals surface area contributed by atoms with Gasteiger partial charge in [-0.1, -0.05) is 41.9 Å². The molecule has 1 aromatic heterocycles. The molecule has 27 heavy (non-hydrogen) atoms. The minimum atomic E-state index is -0.0528. The number of nitrogens with one attached hydrogen (secondary N) is 1. The van der Waals surface area contributed by atoms with Crippen molar-refractivity contribution < 1.29 is 9.53 Å². The van der Waals surface area contributed by atoms with E-state index in [1.54, 1.807) is 11.3 Å². The van der Waals surface area contributed by atoms with Gasteiger partial charge in [0.2, 0.25) is 5.91 Å². The number of rotatable bonds is 8. The van der Waals surface area contributed by atoms with E-state index in [2.05, 4.69) is 10.3 Å². The molecule has 1 N–H and O–H groups in total. The SMILES string of the molecule is Cc1ccccc1OCCNC(=O)Cc1csc(Cc2cccc(Cl)c2)n1. The third kappa shape index (κ3) is 6.08. The van der Waals surface area contributed by atoms with Crippen molar-refractivity contribution in [3.8, 4) is 5.75 Å². The van der Waals surface area contributed by atoms with Gasteiger partial charge in [0.1, 0.15) is 12.4 Å². The quantitative estimate of drug-likeness (QED) is 0.569. The lowest BCUT2D eigenvalue weighted by atomic mass is 10.2. The van der Waals surface area contributed by atoms with Crippen LogP contribution >= 0.6 is 22.9 Å². The van der Waals surface area contributed by atoms with Gasteiger partial charge in [-0.25, -0.2) is 4.98 Å². The molecule has 2 aromatic carbocycles. The molecule has 6 heteroatoms. The second kappa shape index (κ2) is 9.53. The molecule has 3 rings (SSSR count). The normalized spacial score (nSPS) is 10.6. The molecule has 0 aliphatic carbocycles. The number of benzene rings is 2. The van der Waals surface area contributed by atoms with Gasteiger partial charge in [0.15, 0.2) is 0 Å². The molecule has 0 atom stereocenters. The number of nitrogens with zero attached hydrogens (tertiary/aromatic N) is 1. The number of para-hydroxylation sites is 1. The van der Waals surface area contributed by atoms with Crippen molar-refractivity contribution in [3.05, 3.63) is 80.8 Å². The smallest absolute Gasteiger partial charge is 0.226 e. The van der Waals surface area contributed by atoms with Gasteiger partial charge < -0.3 is 10.1 Å². The summed E-state index contributed by atoms with van der Waals surface area (Å²) in [5, 5.41) is 6.50. The first kappa shape index (κ1) is 19.4. The first-order valence-corrected chi connectivity index (χ1v) is 9.99. The maximum absolute atomic E-state index is 12.1. The molecule has 0 saturated carbocycles. The highest BCUT2D eigenvalue weighted by Crippen LogP contribution is 2.18. The summed E-state index contributed by atoms with van der Waals surface area (Å²) in [6.07, 6.45) is 0.994. The maximum Gasteiger partial charge on any atom is 0.226 e. The van der Waals surface area contributed by atoms with Gasteiger partial charge in [0.25, 0.3) is 0 Å². The molecule has 1 heterocycles. The van der Waals surface area contributed by atoms with Crippen molar-refractivity contribution in [1.29, 1.82) is 0 Å². The fraction of sp³-hybridized carbons (Fsp3) is 0.238. The van der Waals surface area contributed by atoms with Crippen LogP contribution in [0.25, 0.3) is 0 Å². The Bertz CT molecular complexity index is 910. The summed E-state index contributed by atoms with van der Waals surface area (Å²) in [6.45, 7) is 2.90. The highest BCUT2D eigenvalue weighted by atomic mass is 35.5. The molecule has 0 aliphatic heterocycles. The minimum absolute atomic E-state index is 0.0528. The third-order valence-electron chi connectivity index (χ3n) is 3.96. The van der Waals surface area contributed by atoms with Crippen molar-refractivity contribution in [3.63, 3.8) is 0 Å². The van der Waals surface area contributed by atoms with Gasteiger partial charge in [0.05, 0.1) is 23.7 Å². The number of halogens is 1. The van der Waals surface area contributed by atoms with Crippen molar-refractivity contribution in [2.24, 2.45) is 0 Å². The first-order valence-electron chi connectivity index (χ1n) is 8.73. The minimum Gasteiger partial charge on any atom is -0.491 e. The lowest BCUT2D eigenvalue weighted by molar-refractivity contribution is -0.120. The molecule has 0 spiro atoms. The summed E-state index contributed by atoms with van der Waals surface area (Å²) < 4.78 is 5.68. The van der Waals surface area contributed by atoms with Crippen LogP contribution in [0, 0.1) is 6.92 Å². The molecule has 0 fully saturated rings. The summed E-state index contributed by atoms with van der Waals surface area (Å²) in [4.78, 5) is 16.6. The number of aryl methyl sites for hydroxylation is 1. The molecule has 0 radical (unpaired) electrons. The summed E-state index contributed by atoms with van der Waals surface area (Å²) in [7, 11) is 0. The second-order valence-corrected chi connectivity index (χ2v) is 7.56. The zero-order valence-electron chi connectivity index (χ0n) is 15.1. The van der Waals surface area contributed by atoms with Gasteiger partial charge >= 0.3 is 0 Å². The number of ether oxygens (including phenoxy) is 1. The van der Waals surface area contributed by atoms with E-state index in [9.17, 15) is 4.79 Å². The van der Waals surface area contributed by atoms with E-state index in [4.69, 9.17) is 16.3 Å². The van der Waals surface area contributed by atoms with Gasteiger partial charge in [0, 0.05) is 16.8 Å². The molecule has 0 saturated heterocycles. The number of thiazole rings is 1. The maximum atomic E-state index is 12.1. The Hall–Kier alpha value is -2.37. The number of hydrogen-bond acceptors (Lipinski definition) is 4. The molecule has 0 unspecified atom stereocenters. The lowest BCUT2D eigenvalue weighted by Gasteiger charge is -2.09. The second-order valence-electron chi connectivity index (χ2n) is 6.18. The van der Waals surface area contributed by atoms with Gasteiger partial charge in [-0.2, -0.15) is 0 Å². The van der Waals surface area contributed by atoms with Crippen LogP contribution in [0.2, 0.25) is 5.02 Å². The van der Waals surface area contributed by atoms with Crippen LogP contribution in [0.4, 0.5) is 0 Å². The van der Waals surface area contributed by atoms with Crippen molar-refractivity contribution in [2.75, 3.05) is 13.2 Å². The van der Waals surface area contributed by atoms with Crippen LogP contribution in [-0.2, 0) is 17.6 Å². The Morgan fingerprint density at radius 2 is 2.07 bits per heavy atom. The van der Waals surface area contributed by atoms with Crippen molar-refractivity contribution in [1.82, 2.24) is 10.3 Å². The van der Waals surface area contributed by atoms with E-state index < -0.39 is 0 Å². The Morgan fingerprint density at radius 3 is 2.89 bits per heavy atom. The molecule has 1 amide bonds. The van der Waals surface area contributed by atoms with Crippen molar-refractivity contribution >= 4 is 28.8 Å². The zero-order valence-corrected chi connectivity index (χ0v) is 16.6. The van der Waals surface area contributed by atoms with E-state index in [-0.39, 0.29) is 12.3 Å². The van der Waals surface area contributed by atoms with Gasteiger partial charge in [-0.3, -0.25) is 4.79 Å². The fourth-order valence-corrected chi connectivity index (χ4v) is 3.67. The van der Waals surface area contributed by atoms with E-state index >= 15 is 0 Å². The van der Waals surface area contributed by atoms with Gasteiger partial charge in [-0.05, 0) is 36.2 Å². The van der Waals surface area contributed by atoms with Crippen LogP contribution < -0.4 is 10.1 Å². The summed E-state index contributed by atoms with van der Waals surface area (Å²) in [6, 6.07) is 15.6. The monoisotopic (exact) mass is 400 g/mol. The van der Waals surface area contributed by atoms with E-state index in [1.807, 2.05) is 60.8 Å². The number of amides is 1. The predicted molar refractivity (Wildman–Crippen MR) is 110 cm³/mol. The topological polar surface area (TPSA) is 51.2 Å². The van der Waals surface area contributed by atoms with Crippen LogP contribution in [0.15, 0.2) is 53.9 Å². The number of carbonyl (C=O) groups excluding carboxylic acids is 1. The van der Waals surface area contributed by atoms with E-state index in [0.717, 1.165) is 39.0 Å². The molecule has 0 aliphatic rings. The summed E-state index contributed by atoms with van der Waals surface area (Å²) >= 11 is 7.57. The van der Waals surface area contributed by atoms with Crippen LogP contribution in [-0.4, -0.2) is 24.0 Å². The number of hydrogen-bond donors (Lipinski definition) is 1. The standard InChI is InChI=1S/C21H21ClN2O2S/c1-15-5-2-3-8-19(15)26-10-9-23-20(25)13-18-14-27-21(24-18)12-16-6-4-7-17(22)11-16/h2-8,11,14H,9-10,12-13H2,1H3,(H,23,25). The Morgan fingerprint density at radius 1 is 1.22 bits per heavy atom. The molecular formula is C21H21ClN2O2S. The van der Waals surface area contributed by atoms with Crippen LogP contribution in [0.3, 0.4) is 0 Å². The number of carbonyl (C=O) groups is 1. The third-order valence-corrected chi connectivity index (χ3v) is 5.09. The summed E-state index contributed by atoms with van der Waals surface area (Å²) in [5.41, 5.74) is 2.98.